The van der Waals surface area contributed by atoms with Crippen LogP contribution >= 0.6 is 0 Å². The second-order valence-corrected chi connectivity index (χ2v) is 6.06. The Balaban J connectivity index is 1.82. The molecule has 1 saturated carbocycles. The first-order valence-electron chi connectivity index (χ1n) is 7.74. The van der Waals surface area contributed by atoms with Crippen molar-refractivity contribution in [3.63, 3.8) is 0 Å². The smallest absolute Gasteiger partial charge is 0.320 e. The van der Waals surface area contributed by atoms with E-state index in [9.17, 15) is 4.79 Å². The van der Waals surface area contributed by atoms with E-state index in [1.165, 1.54) is 19.3 Å². The molecule has 0 radical (unpaired) electrons. The zero-order valence-corrected chi connectivity index (χ0v) is 12.6. The molecule has 1 aliphatic carbocycles. The molecule has 5 heteroatoms. The summed E-state index contributed by atoms with van der Waals surface area (Å²) in [6.45, 7) is 5.21. The van der Waals surface area contributed by atoms with Crippen molar-refractivity contribution in [1.82, 2.24) is 15.1 Å². The van der Waals surface area contributed by atoms with Gasteiger partial charge >= 0.3 is 6.03 Å². The first-order chi connectivity index (χ1) is 9.65. The summed E-state index contributed by atoms with van der Waals surface area (Å²) in [5, 5.41) is 10.2. The first-order valence-corrected chi connectivity index (χ1v) is 7.74. The van der Waals surface area contributed by atoms with Gasteiger partial charge in [-0.3, -0.25) is 5.32 Å². The standard InChI is InChI=1S/C15H26N4O/c1-12(2)9-11-19-14(8-10-16-19)18-15(20)17-13-6-4-3-5-7-13/h8,10,12-13H,3-7,9,11H2,1-2H3,(H2,17,18,20). The van der Waals surface area contributed by atoms with Gasteiger partial charge in [-0.15, -0.1) is 0 Å². The molecule has 0 bridgehead atoms. The summed E-state index contributed by atoms with van der Waals surface area (Å²) in [6.07, 6.45) is 8.72. The maximum Gasteiger partial charge on any atom is 0.320 e. The number of aryl methyl sites for hydroxylation is 1. The Morgan fingerprint density at radius 2 is 2.15 bits per heavy atom. The largest absolute Gasteiger partial charge is 0.335 e. The van der Waals surface area contributed by atoms with E-state index in [4.69, 9.17) is 0 Å². The van der Waals surface area contributed by atoms with Crippen LogP contribution < -0.4 is 10.6 Å². The molecule has 20 heavy (non-hydrogen) atoms. The second kappa shape index (κ2) is 7.31. The van der Waals surface area contributed by atoms with Gasteiger partial charge in [0.1, 0.15) is 5.82 Å². The Morgan fingerprint density at radius 1 is 1.40 bits per heavy atom. The van der Waals surface area contributed by atoms with Gasteiger partial charge in [0.15, 0.2) is 0 Å². The van der Waals surface area contributed by atoms with Crippen molar-refractivity contribution in [2.45, 2.75) is 65.0 Å². The van der Waals surface area contributed by atoms with Crippen LogP contribution in [0.15, 0.2) is 12.3 Å². The fourth-order valence-electron chi connectivity index (χ4n) is 2.58. The number of anilines is 1. The molecule has 0 aliphatic heterocycles. The van der Waals surface area contributed by atoms with Gasteiger partial charge in [-0.05, 0) is 25.2 Å². The fraction of sp³-hybridized carbons (Fsp3) is 0.733. The molecular formula is C15H26N4O. The summed E-state index contributed by atoms with van der Waals surface area (Å²) in [5.41, 5.74) is 0. The van der Waals surface area contributed by atoms with Crippen LogP contribution in [-0.4, -0.2) is 21.9 Å². The molecular weight excluding hydrogens is 252 g/mol. The molecule has 2 N–H and O–H groups in total. The molecule has 1 aromatic heterocycles. The molecule has 1 heterocycles. The van der Waals surface area contributed by atoms with Crippen molar-refractivity contribution in [2.24, 2.45) is 5.92 Å². The van der Waals surface area contributed by atoms with Gasteiger partial charge in [0.2, 0.25) is 0 Å². The monoisotopic (exact) mass is 278 g/mol. The van der Waals surface area contributed by atoms with Crippen molar-refractivity contribution in [3.8, 4) is 0 Å². The van der Waals surface area contributed by atoms with Gasteiger partial charge in [0, 0.05) is 18.7 Å². The number of carbonyl (C=O) groups is 1. The highest BCUT2D eigenvalue weighted by atomic mass is 16.2. The Morgan fingerprint density at radius 3 is 2.85 bits per heavy atom. The highest BCUT2D eigenvalue weighted by molar-refractivity contribution is 5.88. The zero-order chi connectivity index (χ0) is 14.4. The highest BCUT2D eigenvalue weighted by Crippen LogP contribution is 2.17. The van der Waals surface area contributed by atoms with Crippen molar-refractivity contribution < 1.29 is 4.79 Å². The number of urea groups is 1. The van der Waals surface area contributed by atoms with Gasteiger partial charge in [-0.1, -0.05) is 33.1 Å². The number of aromatic nitrogens is 2. The molecule has 0 atom stereocenters. The van der Waals surface area contributed by atoms with E-state index in [1.807, 2.05) is 10.7 Å². The minimum Gasteiger partial charge on any atom is -0.335 e. The summed E-state index contributed by atoms with van der Waals surface area (Å²) in [7, 11) is 0. The third-order valence-corrected chi connectivity index (χ3v) is 3.82. The third kappa shape index (κ3) is 4.54. The molecule has 2 rings (SSSR count). The van der Waals surface area contributed by atoms with Gasteiger partial charge in [-0.25, -0.2) is 9.48 Å². The van der Waals surface area contributed by atoms with Crippen molar-refractivity contribution >= 4 is 11.8 Å². The van der Waals surface area contributed by atoms with Crippen LogP contribution in [0.5, 0.6) is 0 Å². The number of hydrogen-bond acceptors (Lipinski definition) is 2. The number of nitrogens with zero attached hydrogens (tertiary/aromatic N) is 2. The molecule has 0 unspecified atom stereocenters. The van der Waals surface area contributed by atoms with E-state index in [0.29, 0.717) is 12.0 Å². The summed E-state index contributed by atoms with van der Waals surface area (Å²) >= 11 is 0. The third-order valence-electron chi connectivity index (χ3n) is 3.82. The van der Waals surface area contributed by atoms with Gasteiger partial charge in [0.05, 0.1) is 6.20 Å². The number of amides is 2. The summed E-state index contributed by atoms with van der Waals surface area (Å²) < 4.78 is 1.86. The molecule has 0 saturated heterocycles. The summed E-state index contributed by atoms with van der Waals surface area (Å²) in [6, 6.07) is 2.07. The average Bonchev–Trinajstić information content (AvgIpc) is 2.84. The van der Waals surface area contributed by atoms with Crippen LogP contribution in [0, 0.1) is 5.92 Å². The Labute approximate surface area is 121 Å². The van der Waals surface area contributed by atoms with E-state index in [0.717, 1.165) is 31.6 Å². The van der Waals surface area contributed by atoms with Crippen LogP contribution in [-0.2, 0) is 6.54 Å². The molecule has 0 aromatic carbocycles. The zero-order valence-electron chi connectivity index (χ0n) is 12.6. The molecule has 2 amide bonds. The van der Waals surface area contributed by atoms with E-state index in [1.54, 1.807) is 6.20 Å². The Kier molecular flexibility index (Phi) is 5.44. The summed E-state index contributed by atoms with van der Waals surface area (Å²) in [5.74, 6) is 1.40. The molecule has 1 aliphatic rings. The SMILES string of the molecule is CC(C)CCn1nccc1NC(=O)NC1CCCCC1. The fourth-order valence-corrected chi connectivity index (χ4v) is 2.58. The Bertz CT molecular complexity index is 421. The predicted molar refractivity (Wildman–Crippen MR) is 80.7 cm³/mol. The lowest BCUT2D eigenvalue weighted by molar-refractivity contribution is 0.244. The quantitative estimate of drug-likeness (QED) is 0.867. The van der Waals surface area contributed by atoms with Crippen LogP contribution in [0.1, 0.15) is 52.4 Å². The maximum atomic E-state index is 12.0. The predicted octanol–water partition coefficient (Wildman–Crippen LogP) is 3.38. The van der Waals surface area contributed by atoms with E-state index < -0.39 is 0 Å². The number of nitrogens with one attached hydrogen (secondary N) is 2. The topological polar surface area (TPSA) is 59.0 Å². The first kappa shape index (κ1) is 14.9. The van der Waals surface area contributed by atoms with E-state index in [2.05, 4.69) is 29.6 Å². The number of hydrogen-bond donors (Lipinski definition) is 2. The van der Waals surface area contributed by atoms with E-state index in [-0.39, 0.29) is 6.03 Å². The Hall–Kier alpha value is -1.52. The number of carbonyl (C=O) groups excluding carboxylic acids is 1. The molecule has 1 aromatic rings. The van der Waals surface area contributed by atoms with Crippen LogP contribution in [0.4, 0.5) is 10.6 Å². The molecule has 112 valence electrons. The van der Waals surface area contributed by atoms with Gasteiger partial charge < -0.3 is 5.32 Å². The maximum absolute atomic E-state index is 12.0. The minimum atomic E-state index is -0.108. The normalized spacial score (nSPS) is 16.4. The molecule has 5 nitrogen and oxygen atoms in total. The second-order valence-electron chi connectivity index (χ2n) is 6.06. The van der Waals surface area contributed by atoms with Crippen molar-refractivity contribution in [3.05, 3.63) is 12.3 Å². The van der Waals surface area contributed by atoms with Crippen LogP contribution in [0.3, 0.4) is 0 Å². The highest BCUT2D eigenvalue weighted by Gasteiger charge is 2.16. The number of rotatable bonds is 5. The molecule has 1 fully saturated rings. The average molecular weight is 278 g/mol. The lowest BCUT2D eigenvalue weighted by Crippen LogP contribution is -2.39. The lowest BCUT2D eigenvalue weighted by Gasteiger charge is -2.23. The van der Waals surface area contributed by atoms with Crippen molar-refractivity contribution in [1.29, 1.82) is 0 Å². The van der Waals surface area contributed by atoms with E-state index >= 15 is 0 Å². The van der Waals surface area contributed by atoms with Crippen LogP contribution in [0.2, 0.25) is 0 Å². The lowest BCUT2D eigenvalue weighted by atomic mass is 9.96. The van der Waals surface area contributed by atoms with Crippen molar-refractivity contribution in [2.75, 3.05) is 5.32 Å². The molecule has 0 spiro atoms. The van der Waals surface area contributed by atoms with Crippen LogP contribution in [0.25, 0.3) is 0 Å². The van der Waals surface area contributed by atoms with Gasteiger partial charge in [0.25, 0.3) is 0 Å². The van der Waals surface area contributed by atoms with Gasteiger partial charge in [-0.2, -0.15) is 5.10 Å². The minimum absolute atomic E-state index is 0.108. The summed E-state index contributed by atoms with van der Waals surface area (Å²) in [4.78, 5) is 12.0.